The van der Waals surface area contributed by atoms with Crippen LogP contribution in [0.25, 0.3) is 20.3 Å². The third-order valence-electron chi connectivity index (χ3n) is 6.34. The highest BCUT2D eigenvalue weighted by atomic mass is 32.1. The summed E-state index contributed by atoms with van der Waals surface area (Å²) in [4.78, 5) is 26.5. The fourth-order valence-corrected chi connectivity index (χ4v) is 5.46. The Balaban J connectivity index is 1.47. The molecule has 0 atom stereocenters. The number of benzene rings is 1. The molecule has 0 unspecified atom stereocenters. The number of carbonyl (C=O) groups excluding carboxylic acids is 1. The first kappa shape index (κ1) is 19.5. The van der Waals surface area contributed by atoms with E-state index in [2.05, 4.69) is 40.3 Å². The zero-order valence-electron chi connectivity index (χ0n) is 17.4. The van der Waals surface area contributed by atoms with E-state index in [-0.39, 0.29) is 6.09 Å². The van der Waals surface area contributed by atoms with Crippen LogP contribution in [0.2, 0.25) is 0 Å². The van der Waals surface area contributed by atoms with Crippen LogP contribution in [-0.2, 0) is 0 Å². The molecule has 0 bridgehead atoms. The van der Waals surface area contributed by atoms with E-state index in [9.17, 15) is 4.79 Å². The largest absolute Gasteiger partial charge is 0.415 e. The molecular weight excluding hydrogens is 398 g/mol. The predicted octanol–water partition coefficient (Wildman–Crippen LogP) is 4.33. The van der Waals surface area contributed by atoms with Crippen LogP contribution in [0, 0.1) is 0 Å². The van der Waals surface area contributed by atoms with Crippen molar-refractivity contribution in [3.05, 3.63) is 24.5 Å². The van der Waals surface area contributed by atoms with Crippen molar-refractivity contribution in [1.82, 2.24) is 19.8 Å². The molecule has 3 aromatic rings. The van der Waals surface area contributed by atoms with E-state index in [1.807, 2.05) is 12.1 Å². The molecule has 2 aromatic heterocycles. The number of nitrogens with zero attached hydrogens (tertiary/aromatic N) is 4. The first-order chi connectivity index (χ1) is 14.6. The topological polar surface area (TPSA) is 70.6 Å². The van der Waals surface area contributed by atoms with Crippen molar-refractivity contribution in [3.63, 3.8) is 0 Å². The van der Waals surface area contributed by atoms with Gasteiger partial charge in [0, 0.05) is 35.3 Å². The summed E-state index contributed by atoms with van der Waals surface area (Å²) in [6.45, 7) is 1.54. The zero-order valence-corrected chi connectivity index (χ0v) is 18.2. The maximum Gasteiger partial charge on any atom is 0.415 e. The fourth-order valence-electron chi connectivity index (χ4n) is 4.40. The number of thiophene rings is 1. The Morgan fingerprint density at radius 3 is 2.67 bits per heavy atom. The molecule has 5 rings (SSSR count). The second-order valence-electron chi connectivity index (χ2n) is 8.46. The number of amides is 1. The molecule has 1 N–H and O–H groups in total. The average Bonchev–Trinajstić information content (AvgIpc) is 3.07. The van der Waals surface area contributed by atoms with Gasteiger partial charge in [-0.25, -0.2) is 14.8 Å². The molecule has 1 saturated heterocycles. The molecule has 2 fully saturated rings. The van der Waals surface area contributed by atoms with Gasteiger partial charge in [0.25, 0.3) is 0 Å². The Labute approximate surface area is 180 Å². The number of likely N-dealkylation sites (tertiary alicyclic amines) is 1. The van der Waals surface area contributed by atoms with Crippen LogP contribution in [-0.4, -0.2) is 65.1 Å². The Morgan fingerprint density at radius 1 is 1.17 bits per heavy atom. The number of ether oxygens (including phenoxy) is 1. The van der Waals surface area contributed by atoms with Crippen molar-refractivity contribution in [2.24, 2.45) is 0 Å². The number of rotatable bonds is 4. The maximum atomic E-state index is 12.4. The van der Waals surface area contributed by atoms with Crippen LogP contribution < -0.4 is 10.1 Å². The van der Waals surface area contributed by atoms with Gasteiger partial charge in [-0.1, -0.05) is 6.07 Å². The van der Waals surface area contributed by atoms with Crippen LogP contribution >= 0.6 is 11.3 Å². The van der Waals surface area contributed by atoms with Crippen LogP contribution in [0.3, 0.4) is 0 Å². The molecule has 3 heterocycles. The maximum absolute atomic E-state index is 12.4. The van der Waals surface area contributed by atoms with Gasteiger partial charge >= 0.3 is 6.09 Å². The van der Waals surface area contributed by atoms with E-state index < -0.39 is 0 Å². The first-order valence-corrected chi connectivity index (χ1v) is 11.5. The van der Waals surface area contributed by atoms with E-state index in [0.29, 0.717) is 17.8 Å². The molecule has 1 aliphatic carbocycles. The molecule has 158 valence electrons. The number of hydrogen-bond donors (Lipinski definition) is 1. The van der Waals surface area contributed by atoms with Crippen molar-refractivity contribution in [2.45, 2.75) is 44.2 Å². The van der Waals surface area contributed by atoms with Crippen molar-refractivity contribution in [3.8, 4) is 5.75 Å². The molecule has 0 radical (unpaired) electrons. The highest BCUT2D eigenvalue weighted by molar-refractivity contribution is 7.25. The minimum Gasteiger partial charge on any atom is -0.409 e. The lowest BCUT2D eigenvalue weighted by atomic mass is 9.90. The molecule has 1 amide bonds. The summed E-state index contributed by atoms with van der Waals surface area (Å²) < 4.78 is 6.84. The summed E-state index contributed by atoms with van der Waals surface area (Å²) >= 11 is 1.61. The van der Waals surface area contributed by atoms with Gasteiger partial charge in [-0.2, -0.15) is 0 Å². The standard InChI is InChI=1S/C22H27N5O2S/c1-26(2)15-9-7-14(8-10-15)25-20-19-18-16(29-22(28)27-11-4-12-27)5-3-6-17(18)30-21(19)24-13-23-20/h3,5-6,13-15H,4,7-12H2,1-2H3,(H,23,24,25)/t14-,15-. The summed E-state index contributed by atoms with van der Waals surface area (Å²) in [6.07, 6.45) is 6.99. The van der Waals surface area contributed by atoms with Gasteiger partial charge in [0.2, 0.25) is 0 Å². The van der Waals surface area contributed by atoms with E-state index in [4.69, 9.17) is 4.74 Å². The summed E-state index contributed by atoms with van der Waals surface area (Å²) in [5.41, 5.74) is 0. The zero-order chi connectivity index (χ0) is 20.7. The number of nitrogens with one attached hydrogen (secondary N) is 1. The molecule has 2 aliphatic rings. The minimum absolute atomic E-state index is 0.276. The highest BCUT2D eigenvalue weighted by Crippen LogP contribution is 2.42. The number of hydrogen-bond acceptors (Lipinski definition) is 7. The normalized spacial score (nSPS) is 21.8. The minimum atomic E-state index is -0.276. The molecule has 1 aliphatic heterocycles. The lowest BCUT2D eigenvalue weighted by Gasteiger charge is -2.33. The Hall–Kier alpha value is -2.45. The Kier molecular flexibility index (Phi) is 5.20. The molecule has 30 heavy (non-hydrogen) atoms. The van der Waals surface area contributed by atoms with Crippen molar-refractivity contribution in [2.75, 3.05) is 32.5 Å². The number of anilines is 1. The lowest BCUT2D eigenvalue weighted by Crippen LogP contribution is -2.43. The molecule has 1 aromatic carbocycles. The van der Waals surface area contributed by atoms with Gasteiger partial charge in [0.05, 0.1) is 5.39 Å². The van der Waals surface area contributed by atoms with Gasteiger partial charge in [0.15, 0.2) is 0 Å². The lowest BCUT2D eigenvalue weighted by molar-refractivity contribution is 0.125. The monoisotopic (exact) mass is 425 g/mol. The van der Waals surface area contributed by atoms with Gasteiger partial charge in [-0.15, -0.1) is 11.3 Å². The smallest absolute Gasteiger partial charge is 0.409 e. The van der Waals surface area contributed by atoms with Gasteiger partial charge in [0.1, 0.15) is 22.7 Å². The Morgan fingerprint density at radius 2 is 1.97 bits per heavy atom. The van der Waals surface area contributed by atoms with Crippen molar-refractivity contribution < 1.29 is 9.53 Å². The summed E-state index contributed by atoms with van der Waals surface area (Å²) in [7, 11) is 4.32. The molecule has 7 nitrogen and oxygen atoms in total. The van der Waals surface area contributed by atoms with Gasteiger partial charge in [-0.3, -0.25) is 0 Å². The Bertz CT molecular complexity index is 1070. The summed E-state index contributed by atoms with van der Waals surface area (Å²) in [5.74, 6) is 1.43. The first-order valence-electron chi connectivity index (χ1n) is 10.7. The summed E-state index contributed by atoms with van der Waals surface area (Å²) in [5, 5.41) is 5.56. The van der Waals surface area contributed by atoms with Crippen LogP contribution in [0.4, 0.5) is 10.6 Å². The second-order valence-corrected chi connectivity index (χ2v) is 9.49. The molecule has 1 saturated carbocycles. The van der Waals surface area contributed by atoms with Gasteiger partial charge < -0.3 is 19.9 Å². The van der Waals surface area contributed by atoms with E-state index in [1.165, 1.54) is 12.8 Å². The molecular formula is C22H27N5O2S. The van der Waals surface area contributed by atoms with E-state index >= 15 is 0 Å². The number of fused-ring (bicyclic) bond motifs is 3. The third-order valence-corrected chi connectivity index (χ3v) is 7.40. The van der Waals surface area contributed by atoms with Crippen molar-refractivity contribution >= 4 is 43.6 Å². The predicted molar refractivity (Wildman–Crippen MR) is 120 cm³/mol. The average molecular weight is 426 g/mol. The van der Waals surface area contributed by atoms with Crippen LogP contribution in [0.1, 0.15) is 32.1 Å². The molecule has 0 spiro atoms. The quantitative estimate of drug-likeness (QED) is 0.671. The second kappa shape index (κ2) is 8.00. The SMILES string of the molecule is CN(C)[C@H]1CC[C@H](Nc2ncnc3sc4cccc(OC(=O)N5CCC5)c4c23)CC1. The summed E-state index contributed by atoms with van der Waals surface area (Å²) in [6, 6.07) is 6.90. The number of carbonyl (C=O) groups is 1. The highest BCUT2D eigenvalue weighted by Gasteiger charge is 2.26. The number of aromatic nitrogens is 2. The van der Waals surface area contributed by atoms with Crippen LogP contribution in [0.15, 0.2) is 24.5 Å². The molecule has 8 heteroatoms. The van der Waals surface area contributed by atoms with Crippen molar-refractivity contribution in [1.29, 1.82) is 0 Å². The third kappa shape index (κ3) is 3.58. The fraction of sp³-hybridized carbons (Fsp3) is 0.500. The van der Waals surface area contributed by atoms with Crippen LogP contribution in [0.5, 0.6) is 5.75 Å². The van der Waals surface area contributed by atoms with Gasteiger partial charge in [-0.05, 0) is 58.3 Å². The van der Waals surface area contributed by atoms with E-state index in [0.717, 1.165) is 58.5 Å². The van der Waals surface area contributed by atoms with E-state index in [1.54, 1.807) is 22.6 Å².